The second-order valence-electron chi connectivity index (χ2n) is 4.62. The second-order valence-corrected chi connectivity index (χ2v) is 5.03. The van der Waals surface area contributed by atoms with Crippen molar-refractivity contribution in [2.24, 2.45) is 5.73 Å². The third-order valence-electron chi connectivity index (χ3n) is 3.17. The Balaban J connectivity index is 2.20. The Morgan fingerprint density at radius 3 is 3.05 bits per heavy atom. The van der Waals surface area contributed by atoms with Crippen LogP contribution in [0.15, 0.2) is 18.2 Å². The highest BCUT2D eigenvalue weighted by molar-refractivity contribution is 6.32. The summed E-state index contributed by atoms with van der Waals surface area (Å²) in [6.07, 6.45) is 0. The first-order valence-electron chi connectivity index (χ1n) is 6.50. The zero-order valence-corrected chi connectivity index (χ0v) is 12.1. The number of ether oxygens (including phenoxy) is 1. The number of hydrogen-bond donors (Lipinski definition) is 1. The van der Waals surface area contributed by atoms with Gasteiger partial charge >= 0.3 is 0 Å². The van der Waals surface area contributed by atoms with Crippen molar-refractivity contribution >= 4 is 17.5 Å². The summed E-state index contributed by atoms with van der Waals surface area (Å²) in [4.78, 5) is 14.2. The number of hydrogen-bond acceptors (Lipinski definition) is 3. The number of nitrogens with two attached hydrogens (primary N) is 1. The summed E-state index contributed by atoms with van der Waals surface area (Å²) in [5, 5.41) is 0.470. The summed E-state index contributed by atoms with van der Waals surface area (Å²) in [6, 6.07) is 5.24. The molecule has 1 atom stereocenters. The smallest absolute Gasteiger partial charge is 0.254 e. The molecule has 2 N–H and O–H groups in total. The predicted octanol–water partition coefficient (Wildman–Crippen LogP) is 1.51. The van der Waals surface area contributed by atoms with Crippen LogP contribution in [0, 0.1) is 11.8 Å². The van der Waals surface area contributed by atoms with Gasteiger partial charge in [-0.05, 0) is 25.1 Å². The molecule has 1 unspecified atom stereocenters. The Kier molecular flexibility index (Phi) is 5.02. The third-order valence-corrected chi connectivity index (χ3v) is 3.48. The highest BCUT2D eigenvalue weighted by Crippen LogP contribution is 2.19. The second kappa shape index (κ2) is 6.76. The van der Waals surface area contributed by atoms with Gasteiger partial charge in [0, 0.05) is 17.7 Å². The first kappa shape index (κ1) is 14.9. The fourth-order valence-corrected chi connectivity index (χ4v) is 2.32. The Labute approximate surface area is 123 Å². The maximum Gasteiger partial charge on any atom is 0.254 e. The van der Waals surface area contributed by atoms with Crippen molar-refractivity contribution in [2.75, 3.05) is 26.3 Å². The summed E-state index contributed by atoms with van der Waals surface area (Å²) in [6.45, 7) is 4.00. The molecule has 2 rings (SSSR count). The average Bonchev–Trinajstić information content (AvgIpc) is 2.46. The summed E-state index contributed by atoms with van der Waals surface area (Å²) in [7, 11) is 0. The van der Waals surface area contributed by atoms with E-state index in [-0.39, 0.29) is 18.5 Å². The van der Waals surface area contributed by atoms with Crippen molar-refractivity contribution in [1.29, 1.82) is 0 Å². The molecule has 1 aromatic rings. The normalized spacial score (nSPS) is 18.4. The SMILES string of the molecule is CC1COCCN1C(=O)c1ccc(C#CCN)c(Cl)c1. The molecule has 5 heteroatoms. The van der Waals surface area contributed by atoms with Crippen molar-refractivity contribution in [3.05, 3.63) is 34.3 Å². The van der Waals surface area contributed by atoms with Crippen LogP contribution in [-0.2, 0) is 4.74 Å². The molecule has 1 aliphatic rings. The van der Waals surface area contributed by atoms with Gasteiger partial charge in [-0.25, -0.2) is 0 Å². The van der Waals surface area contributed by atoms with Gasteiger partial charge in [0.15, 0.2) is 0 Å². The van der Waals surface area contributed by atoms with E-state index in [1.54, 1.807) is 23.1 Å². The molecule has 0 spiro atoms. The fourth-order valence-electron chi connectivity index (χ4n) is 2.09. The quantitative estimate of drug-likeness (QED) is 0.798. The zero-order valence-electron chi connectivity index (χ0n) is 11.4. The molecule has 0 saturated carbocycles. The van der Waals surface area contributed by atoms with Gasteiger partial charge < -0.3 is 15.4 Å². The number of benzene rings is 1. The van der Waals surface area contributed by atoms with E-state index >= 15 is 0 Å². The van der Waals surface area contributed by atoms with Gasteiger partial charge in [-0.3, -0.25) is 4.79 Å². The number of amides is 1. The topological polar surface area (TPSA) is 55.6 Å². The Morgan fingerprint density at radius 2 is 2.40 bits per heavy atom. The number of halogens is 1. The molecule has 0 radical (unpaired) electrons. The van der Waals surface area contributed by atoms with Crippen molar-refractivity contribution < 1.29 is 9.53 Å². The minimum absolute atomic E-state index is 0.0268. The van der Waals surface area contributed by atoms with E-state index in [0.717, 1.165) is 0 Å². The van der Waals surface area contributed by atoms with Crippen molar-refractivity contribution in [3.8, 4) is 11.8 Å². The molecule has 0 aromatic heterocycles. The lowest BCUT2D eigenvalue weighted by molar-refractivity contribution is 0.00359. The Bertz CT molecular complexity index is 563. The summed E-state index contributed by atoms with van der Waals surface area (Å²) in [5.74, 6) is 5.59. The van der Waals surface area contributed by atoms with Crippen LogP contribution in [0.5, 0.6) is 0 Å². The maximum atomic E-state index is 12.4. The number of morpholine rings is 1. The molecular weight excluding hydrogens is 276 g/mol. The van der Waals surface area contributed by atoms with Gasteiger partial charge in [-0.15, -0.1) is 0 Å². The predicted molar refractivity (Wildman–Crippen MR) is 78.7 cm³/mol. The molecule has 1 heterocycles. The van der Waals surface area contributed by atoms with E-state index in [0.29, 0.717) is 35.9 Å². The van der Waals surface area contributed by atoms with E-state index in [2.05, 4.69) is 11.8 Å². The molecule has 20 heavy (non-hydrogen) atoms. The van der Waals surface area contributed by atoms with E-state index in [1.807, 2.05) is 6.92 Å². The van der Waals surface area contributed by atoms with Gasteiger partial charge in [0.2, 0.25) is 0 Å². The average molecular weight is 293 g/mol. The summed E-state index contributed by atoms with van der Waals surface area (Å²) in [5.41, 5.74) is 6.58. The standard InChI is InChI=1S/C15H17ClN2O2/c1-11-10-20-8-7-18(11)15(19)13-5-4-12(3-2-6-17)14(16)9-13/h4-5,9,11H,6-8,10,17H2,1H3. The molecule has 1 saturated heterocycles. The molecular formula is C15H17ClN2O2. The van der Waals surface area contributed by atoms with E-state index < -0.39 is 0 Å². The lowest BCUT2D eigenvalue weighted by atomic mass is 10.1. The number of rotatable bonds is 1. The highest BCUT2D eigenvalue weighted by Gasteiger charge is 2.24. The Morgan fingerprint density at radius 1 is 1.60 bits per heavy atom. The minimum Gasteiger partial charge on any atom is -0.377 e. The number of carbonyl (C=O) groups is 1. The van der Waals surface area contributed by atoms with E-state index in [9.17, 15) is 4.79 Å². The van der Waals surface area contributed by atoms with Gasteiger partial charge in [-0.2, -0.15) is 0 Å². The first-order valence-corrected chi connectivity index (χ1v) is 6.88. The van der Waals surface area contributed by atoms with Gasteiger partial charge in [0.1, 0.15) is 0 Å². The molecule has 1 aliphatic heterocycles. The third kappa shape index (κ3) is 3.31. The molecule has 1 fully saturated rings. The molecule has 1 aromatic carbocycles. The lowest BCUT2D eigenvalue weighted by Gasteiger charge is -2.33. The molecule has 4 nitrogen and oxygen atoms in total. The van der Waals surface area contributed by atoms with Crippen LogP contribution in [0.1, 0.15) is 22.8 Å². The maximum absolute atomic E-state index is 12.4. The van der Waals surface area contributed by atoms with E-state index in [1.165, 1.54) is 0 Å². The first-order chi connectivity index (χ1) is 9.63. The van der Waals surface area contributed by atoms with Crippen LogP contribution in [0.4, 0.5) is 0 Å². The molecule has 0 bridgehead atoms. The summed E-state index contributed by atoms with van der Waals surface area (Å²) >= 11 is 6.15. The van der Waals surface area contributed by atoms with Crippen LogP contribution >= 0.6 is 11.6 Å². The van der Waals surface area contributed by atoms with Crippen LogP contribution in [-0.4, -0.2) is 43.2 Å². The Hall–Kier alpha value is -1.54. The fraction of sp³-hybridized carbons (Fsp3) is 0.400. The number of nitrogens with zero attached hydrogens (tertiary/aromatic N) is 1. The van der Waals surface area contributed by atoms with Gasteiger partial charge in [-0.1, -0.05) is 23.4 Å². The van der Waals surface area contributed by atoms with Crippen LogP contribution < -0.4 is 5.73 Å². The van der Waals surface area contributed by atoms with Crippen LogP contribution in [0.3, 0.4) is 0 Å². The number of carbonyl (C=O) groups excluding carboxylic acids is 1. The molecule has 106 valence electrons. The molecule has 1 amide bonds. The van der Waals surface area contributed by atoms with Crippen molar-refractivity contribution in [3.63, 3.8) is 0 Å². The van der Waals surface area contributed by atoms with Crippen LogP contribution in [0.25, 0.3) is 0 Å². The van der Waals surface area contributed by atoms with E-state index in [4.69, 9.17) is 22.1 Å². The van der Waals surface area contributed by atoms with Gasteiger partial charge in [0.25, 0.3) is 5.91 Å². The summed E-state index contributed by atoms with van der Waals surface area (Å²) < 4.78 is 5.34. The lowest BCUT2D eigenvalue weighted by Crippen LogP contribution is -2.47. The van der Waals surface area contributed by atoms with Crippen LogP contribution in [0.2, 0.25) is 5.02 Å². The molecule has 0 aliphatic carbocycles. The van der Waals surface area contributed by atoms with Gasteiger partial charge in [0.05, 0.1) is 30.8 Å². The largest absolute Gasteiger partial charge is 0.377 e. The highest BCUT2D eigenvalue weighted by atomic mass is 35.5. The monoisotopic (exact) mass is 292 g/mol. The zero-order chi connectivity index (χ0) is 14.5. The van der Waals surface area contributed by atoms with Crippen molar-refractivity contribution in [2.45, 2.75) is 13.0 Å². The minimum atomic E-state index is -0.0268. The van der Waals surface area contributed by atoms with Crippen molar-refractivity contribution in [1.82, 2.24) is 4.90 Å².